The maximum Gasteiger partial charge on any atom is 0.306 e. The summed E-state index contributed by atoms with van der Waals surface area (Å²) in [6.07, 6.45) is 0. The van der Waals surface area contributed by atoms with E-state index in [0.29, 0.717) is 4.47 Å². The molecule has 0 amide bonds. The molecule has 0 saturated carbocycles. The van der Waals surface area contributed by atoms with Crippen molar-refractivity contribution < 1.29 is 4.92 Å². The van der Waals surface area contributed by atoms with Crippen LogP contribution in [0.5, 0.6) is 0 Å². The molecule has 1 aromatic rings. The van der Waals surface area contributed by atoms with Crippen LogP contribution in [0.2, 0.25) is 0 Å². The second kappa shape index (κ2) is 4.34. The predicted octanol–water partition coefficient (Wildman–Crippen LogP) is 2.01. The summed E-state index contributed by atoms with van der Waals surface area (Å²) in [4.78, 5) is 10.2. The van der Waals surface area contributed by atoms with Gasteiger partial charge in [-0.1, -0.05) is 6.07 Å². The summed E-state index contributed by atoms with van der Waals surface area (Å²) in [7, 11) is 0. The van der Waals surface area contributed by atoms with Crippen LogP contribution in [0, 0.1) is 10.1 Å². The number of nitro groups is 1. The Morgan fingerprint density at radius 3 is 2.79 bits per heavy atom. The third-order valence-corrected chi connectivity index (χ3v) is 2.17. The first kappa shape index (κ1) is 10.9. The van der Waals surface area contributed by atoms with Crippen LogP contribution >= 0.6 is 28.1 Å². The molecule has 0 spiro atoms. The normalized spacial score (nSPS) is 9.50. The third-order valence-electron chi connectivity index (χ3n) is 1.43. The summed E-state index contributed by atoms with van der Waals surface area (Å²) < 4.78 is 0.378. The first-order chi connectivity index (χ1) is 6.52. The van der Waals surface area contributed by atoms with Crippen molar-refractivity contribution >= 4 is 44.6 Å². The number of hydrogen-bond acceptors (Lipinski definition) is 3. The summed E-state index contributed by atoms with van der Waals surface area (Å²) in [5.41, 5.74) is 5.42. The average molecular weight is 276 g/mol. The van der Waals surface area contributed by atoms with E-state index >= 15 is 0 Å². The maximum atomic E-state index is 10.7. The lowest BCUT2D eigenvalue weighted by Crippen LogP contribution is -2.19. The quantitative estimate of drug-likeness (QED) is 0.490. The molecule has 0 saturated heterocycles. The Kier molecular flexibility index (Phi) is 3.37. The van der Waals surface area contributed by atoms with Crippen LogP contribution in [-0.2, 0) is 0 Å². The van der Waals surface area contributed by atoms with Crippen LogP contribution < -0.4 is 11.1 Å². The van der Waals surface area contributed by atoms with Gasteiger partial charge in [0.1, 0.15) is 5.69 Å². The summed E-state index contributed by atoms with van der Waals surface area (Å²) in [5.74, 6) is 0. The minimum atomic E-state index is -0.509. The monoisotopic (exact) mass is 275 g/mol. The number of benzene rings is 1. The van der Waals surface area contributed by atoms with Crippen LogP contribution in [0.3, 0.4) is 0 Å². The van der Waals surface area contributed by atoms with Crippen LogP contribution in [0.25, 0.3) is 0 Å². The van der Waals surface area contributed by atoms with Crippen molar-refractivity contribution in [3.05, 3.63) is 32.8 Å². The van der Waals surface area contributed by atoms with Gasteiger partial charge in [0.05, 0.1) is 9.40 Å². The fourth-order valence-corrected chi connectivity index (χ4v) is 1.56. The van der Waals surface area contributed by atoms with E-state index in [9.17, 15) is 10.1 Å². The fraction of sp³-hybridized carbons (Fsp3) is 0. The zero-order valence-corrected chi connectivity index (χ0v) is 9.26. The molecule has 1 aromatic carbocycles. The molecule has 0 aromatic heterocycles. The number of thiocarbonyl (C=S) groups is 1. The minimum Gasteiger partial charge on any atom is -0.376 e. The number of rotatable bonds is 2. The number of halogens is 1. The standard InChI is InChI=1S/C7H6BrN3O2S/c8-4-2-1-3-5(10-7(9)14)6(4)11(12)13/h1-3H,(H3,9,10,14). The molecule has 0 aliphatic carbocycles. The summed E-state index contributed by atoms with van der Waals surface area (Å²) in [5, 5.41) is 13.2. The molecule has 14 heavy (non-hydrogen) atoms. The molecular weight excluding hydrogens is 270 g/mol. The Balaban J connectivity index is 3.21. The highest BCUT2D eigenvalue weighted by atomic mass is 79.9. The van der Waals surface area contributed by atoms with E-state index in [2.05, 4.69) is 33.5 Å². The van der Waals surface area contributed by atoms with E-state index in [-0.39, 0.29) is 16.5 Å². The van der Waals surface area contributed by atoms with Crippen molar-refractivity contribution in [2.45, 2.75) is 0 Å². The predicted molar refractivity (Wildman–Crippen MR) is 61.2 cm³/mol. The summed E-state index contributed by atoms with van der Waals surface area (Å²) in [6.45, 7) is 0. The van der Waals surface area contributed by atoms with Gasteiger partial charge in [0, 0.05) is 0 Å². The Bertz CT molecular complexity index is 397. The van der Waals surface area contributed by atoms with Crippen molar-refractivity contribution in [2.75, 3.05) is 5.32 Å². The van der Waals surface area contributed by atoms with E-state index < -0.39 is 4.92 Å². The molecule has 0 aliphatic rings. The van der Waals surface area contributed by atoms with Gasteiger partial charge in [0.25, 0.3) is 0 Å². The number of para-hydroxylation sites is 1. The molecule has 0 heterocycles. The average Bonchev–Trinajstić information content (AvgIpc) is 2.01. The van der Waals surface area contributed by atoms with Crippen LogP contribution in [-0.4, -0.2) is 10.0 Å². The molecule has 3 N–H and O–H groups in total. The van der Waals surface area contributed by atoms with Crippen molar-refractivity contribution in [2.24, 2.45) is 5.73 Å². The highest BCUT2D eigenvalue weighted by Gasteiger charge is 2.17. The smallest absolute Gasteiger partial charge is 0.306 e. The molecule has 1 rings (SSSR count). The van der Waals surface area contributed by atoms with E-state index in [4.69, 9.17) is 5.73 Å². The first-order valence-corrected chi connectivity index (χ1v) is 4.72. The van der Waals surface area contributed by atoms with Gasteiger partial charge >= 0.3 is 5.69 Å². The van der Waals surface area contributed by atoms with Crippen LogP contribution in [0.15, 0.2) is 22.7 Å². The molecule has 74 valence electrons. The van der Waals surface area contributed by atoms with Crippen molar-refractivity contribution in [3.63, 3.8) is 0 Å². The van der Waals surface area contributed by atoms with E-state index in [0.717, 1.165) is 0 Å². The van der Waals surface area contributed by atoms with E-state index in [1.165, 1.54) is 6.07 Å². The van der Waals surface area contributed by atoms with Gasteiger partial charge in [-0.2, -0.15) is 0 Å². The zero-order chi connectivity index (χ0) is 10.7. The lowest BCUT2D eigenvalue weighted by Gasteiger charge is -2.05. The lowest BCUT2D eigenvalue weighted by atomic mass is 10.3. The van der Waals surface area contributed by atoms with Gasteiger partial charge in [0.15, 0.2) is 5.11 Å². The molecule has 0 aliphatic heterocycles. The van der Waals surface area contributed by atoms with Gasteiger partial charge < -0.3 is 11.1 Å². The lowest BCUT2D eigenvalue weighted by molar-refractivity contribution is -0.384. The Hall–Kier alpha value is -1.21. The van der Waals surface area contributed by atoms with Crippen molar-refractivity contribution in [3.8, 4) is 0 Å². The molecule has 5 nitrogen and oxygen atoms in total. The highest BCUT2D eigenvalue weighted by Crippen LogP contribution is 2.32. The van der Waals surface area contributed by atoms with Gasteiger partial charge in [-0.05, 0) is 40.3 Å². The van der Waals surface area contributed by atoms with Gasteiger partial charge in [0.2, 0.25) is 0 Å². The SMILES string of the molecule is NC(=S)Nc1cccc(Br)c1[N+](=O)[O-]. The zero-order valence-electron chi connectivity index (χ0n) is 6.86. The number of nitrogens with zero attached hydrogens (tertiary/aromatic N) is 1. The molecule has 0 fully saturated rings. The number of hydrogen-bond donors (Lipinski definition) is 2. The van der Waals surface area contributed by atoms with Gasteiger partial charge in [-0.25, -0.2) is 0 Å². The second-order valence-corrected chi connectivity index (χ2v) is 3.68. The number of nitro benzene ring substituents is 1. The van der Waals surface area contributed by atoms with Gasteiger partial charge in [-0.15, -0.1) is 0 Å². The fourth-order valence-electron chi connectivity index (χ4n) is 0.934. The maximum absolute atomic E-state index is 10.7. The largest absolute Gasteiger partial charge is 0.376 e. The van der Waals surface area contributed by atoms with Gasteiger partial charge in [-0.3, -0.25) is 10.1 Å². The summed E-state index contributed by atoms with van der Waals surface area (Å²) >= 11 is 7.67. The minimum absolute atomic E-state index is 0.00815. The Morgan fingerprint density at radius 2 is 2.29 bits per heavy atom. The topological polar surface area (TPSA) is 81.2 Å². The molecule has 0 atom stereocenters. The highest BCUT2D eigenvalue weighted by molar-refractivity contribution is 9.10. The molecule has 0 bridgehead atoms. The van der Waals surface area contributed by atoms with Crippen LogP contribution in [0.1, 0.15) is 0 Å². The Labute approximate surface area is 93.6 Å². The van der Waals surface area contributed by atoms with Crippen LogP contribution in [0.4, 0.5) is 11.4 Å². The third kappa shape index (κ3) is 2.39. The summed E-state index contributed by atoms with van der Waals surface area (Å²) in [6, 6.07) is 4.75. The second-order valence-electron chi connectivity index (χ2n) is 2.38. The molecule has 0 radical (unpaired) electrons. The van der Waals surface area contributed by atoms with Crippen molar-refractivity contribution in [1.29, 1.82) is 0 Å². The van der Waals surface area contributed by atoms with E-state index in [1.807, 2.05) is 0 Å². The van der Waals surface area contributed by atoms with Crippen molar-refractivity contribution in [1.82, 2.24) is 0 Å². The first-order valence-electron chi connectivity index (χ1n) is 3.51. The Morgan fingerprint density at radius 1 is 1.64 bits per heavy atom. The number of nitrogens with one attached hydrogen (secondary N) is 1. The molecular formula is C7H6BrN3O2S. The molecule has 7 heteroatoms. The number of nitrogens with two attached hydrogens (primary N) is 1. The van der Waals surface area contributed by atoms with E-state index in [1.54, 1.807) is 12.1 Å². The number of anilines is 1. The molecule has 0 unspecified atom stereocenters.